The number of carboxylic acid groups (broad SMARTS) is 1. The van der Waals surface area contributed by atoms with Crippen molar-refractivity contribution in [3.63, 3.8) is 0 Å². The van der Waals surface area contributed by atoms with E-state index in [0.29, 0.717) is 11.5 Å². The number of fused-ring (bicyclic) bond motifs is 2. The Morgan fingerprint density at radius 1 is 1.10 bits per heavy atom. The van der Waals surface area contributed by atoms with E-state index >= 15 is 0 Å². The van der Waals surface area contributed by atoms with Gasteiger partial charge in [0, 0.05) is 24.2 Å². The molecule has 0 radical (unpaired) electrons. The fraction of sp³-hybridized carbons (Fsp3) is 0.308. The summed E-state index contributed by atoms with van der Waals surface area (Å²) in [4.78, 5) is 19.4. The zero-order valence-corrected chi connectivity index (χ0v) is 17.9. The largest absolute Gasteiger partial charge is 0.478 e. The minimum absolute atomic E-state index is 0.375. The van der Waals surface area contributed by atoms with Crippen LogP contribution in [0.1, 0.15) is 54.4 Å². The van der Waals surface area contributed by atoms with Crippen LogP contribution in [0.3, 0.4) is 0 Å². The lowest BCUT2D eigenvalue weighted by Gasteiger charge is -2.26. The second kappa shape index (κ2) is 8.31. The Kier molecular flexibility index (Phi) is 5.58. The van der Waals surface area contributed by atoms with Crippen LogP contribution in [0.15, 0.2) is 48.5 Å². The average molecular weight is 401 g/mol. The summed E-state index contributed by atoms with van der Waals surface area (Å²) in [5.74, 6) is -0.498. The van der Waals surface area contributed by atoms with Crippen LogP contribution < -0.4 is 4.90 Å². The molecule has 1 aliphatic rings. The summed E-state index contributed by atoms with van der Waals surface area (Å²) in [5, 5.41) is 10.7. The van der Waals surface area contributed by atoms with E-state index in [1.165, 1.54) is 5.69 Å². The first-order valence-corrected chi connectivity index (χ1v) is 10.7. The van der Waals surface area contributed by atoms with Gasteiger partial charge in [0.1, 0.15) is 0 Å². The van der Waals surface area contributed by atoms with E-state index in [1.54, 1.807) is 0 Å². The molecule has 0 amide bonds. The second-order valence-corrected chi connectivity index (χ2v) is 8.08. The van der Waals surface area contributed by atoms with Crippen molar-refractivity contribution >= 4 is 34.2 Å². The molecule has 1 N–H and O–H groups in total. The van der Waals surface area contributed by atoms with E-state index in [0.717, 1.165) is 59.2 Å². The smallest absolute Gasteiger partial charge is 0.336 e. The quantitative estimate of drug-likeness (QED) is 0.579. The molecule has 0 saturated heterocycles. The third-order valence-corrected chi connectivity index (χ3v) is 5.99. The molecule has 1 unspecified atom stereocenters. The summed E-state index contributed by atoms with van der Waals surface area (Å²) >= 11 is 0. The maximum absolute atomic E-state index is 12.2. The van der Waals surface area contributed by atoms with Crippen molar-refractivity contribution in [3.8, 4) is 0 Å². The number of benzene rings is 2. The summed E-state index contributed by atoms with van der Waals surface area (Å²) in [6.07, 6.45) is 3.82. The number of aromatic nitrogens is 1. The number of nitrogens with zero attached hydrogens (tertiary/aromatic N) is 2. The standard InChI is InChI=1S/C26H28N2O2/c1-4-28(5-2)20-12-10-18(11-13-20)16-19-14-17(3)15-22-24(26(29)30)21-8-6-7-9-23(21)27-25(19)22/h6-13,16-17H,4-5,14-15H2,1-3H3,(H,29,30). The van der Waals surface area contributed by atoms with E-state index in [-0.39, 0.29) is 0 Å². The SMILES string of the molecule is CCN(CC)c1ccc(C=C2CC(C)Cc3c2nc2ccccc2c3C(=O)O)cc1. The number of aromatic carboxylic acids is 1. The first-order valence-electron chi connectivity index (χ1n) is 10.7. The van der Waals surface area contributed by atoms with E-state index in [1.807, 2.05) is 24.3 Å². The second-order valence-electron chi connectivity index (χ2n) is 8.08. The summed E-state index contributed by atoms with van der Waals surface area (Å²) < 4.78 is 0. The van der Waals surface area contributed by atoms with Crippen molar-refractivity contribution in [1.29, 1.82) is 0 Å². The van der Waals surface area contributed by atoms with Gasteiger partial charge < -0.3 is 10.0 Å². The molecular weight excluding hydrogens is 372 g/mol. The fourth-order valence-corrected chi connectivity index (χ4v) is 4.55. The zero-order chi connectivity index (χ0) is 21.3. The molecule has 4 nitrogen and oxygen atoms in total. The van der Waals surface area contributed by atoms with E-state index in [2.05, 4.69) is 56.0 Å². The summed E-state index contributed by atoms with van der Waals surface area (Å²) in [6, 6.07) is 16.1. The van der Waals surface area contributed by atoms with Gasteiger partial charge in [0.05, 0.1) is 16.8 Å². The lowest BCUT2D eigenvalue weighted by Crippen LogP contribution is -2.21. The van der Waals surface area contributed by atoms with Crippen LogP contribution in [0.4, 0.5) is 5.69 Å². The molecule has 1 heterocycles. The van der Waals surface area contributed by atoms with Crippen LogP contribution in [0.25, 0.3) is 22.6 Å². The first kappa shape index (κ1) is 20.1. The van der Waals surface area contributed by atoms with Crippen molar-refractivity contribution < 1.29 is 9.90 Å². The van der Waals surface area contributed by atoms with Crippen molar-refractivity contribution in [3.05, 3.63) is 70.9 Å². The van der Waals surface area contributed by atoms with Crippen molar-refractivity contribution in [2.75, 3.05) is 18.0 Å². The molecule has 4 rings (SSSR count). The molecule has 0 aliphatic heterocycles. The molecule has 4 heteroatoms. The number of hydrogen-bond donors (Lipinski definition) is 1. The van der Waals surface area contributed by atoms with Crippen LogP contribution in [0.2, 0.25) is 0 Å². The van der Waals surface area contributed by atoms with Crippen LogP contribution >= 0.6 is 0 Å². The number of anilines is 1. The predicted octanol–water partition coefficient (Wildman–Crippen LogP) is 5.90. The molecule has 3 aromatic rings. The number of pyridine rings is 1. The predicted molar refractivity (Wildman–Crippen MR) is 124 cm³/mol. The molecular formula is C26H28N2O2. The van der Waals surface area contributed by atoms with Gasteiger partial charge in [0.25, 0.3) is 0 Å². The van der Waals surface area contributed by atoms with Gasteiger partial charge in [0.2, 0.25) is 0 Å². The molecule has 0 saturated carbocycles. The number of allylic oxidation sites excluding steroid dienone is 1. The Morgan fingerprint density at radius 2 is 1.80 bits per heavy atom. The van der Waals surface area contributed by atoms with Crippen LogP contribution in [0.5, 0.6) is 0 Å². The molecule has 1 aliphatic carbocycles. The normalized spacial score (nSPS) is 17.2. The van der Waals surface area contributed by atoms with Gasteiger partial charge in [0.15, 0.2) is 0 Å². The number of carbonyl (C=O) groups is 1. The minimum Gasteiger partial charge on any atom is -0.478 e. The highest BCUT2D eigenvalue weighted by Crippen LogP contribution is 2.38. The van der Waals surface area contributed by atoms with Gasteiger partial charge >= 0.3 is 5.97 Å². The Labute approximate surface area is 177 Å². The number of rotatable bonds is 5. The molecule has 1 atom stereocenters. The molecule has 0 fully saturated rings. The van der Waals surface area contributed by atoms with Gasteiger partial charge in [-0.25, -0.2) is 9.78 Å². The molecule has 0 bridgehead atoms. The van der Waals surface area contributed by atoms with Gasteiger partial charge in [-0.05, 0) is 73.6 Å². The van der Waals surface area contributed by atoms with Gasteiger partial charge in [-0.15, -0.1) is 0 Å². The van der Waals surface area contributed by atoms with Gasteiger partial charge in [-0.3, -0.25) is 0 Å². The number of hydrogen-bond acceptors (Lipinski definition) is 3. The van der Waals surface area contributed by atoms with E-state index in [9.17, 15) is 9.90 Å². The van der Waals surface area contributed by atoms with Crippen LogP contribution in [0, 0.1) is 5.92 Å². The van der Waals surface area contributed by atoms with E-state index < -0.39 is 5.97 Å². The lowest BCUT2D eigenvalue weighted by atomic mass is 9.80. The highest BCUT2D eigenvalue weighted by atomic mass is 16.4. The van der Waals surface area contributed by atoms with Crippen molar-refractivity contribution in [2.45, 2.75) is 33.6 Å². The lowest BCUT2D eigenvalue weighted by molar-refractivity contribution is 0.0697. The summed E-state index contributed by atoms with van der Waals surface area (Å²) in [6.45, 7) is 8.47. The maximum atomic E-state index is 12.2. The topological polar surface area (TPSA) is 53.4 Å². The van der Waals surface area contributed by atoms with Gasteiger partial charge in [-0.1, -0.05) is 37.3 Å². The number of carboxylic acids is 1. The molecule has 2 aromatic carbocycles. The monoisotopic (exact) mass is 400 g/mol. The number of para-hydroxylation sites is 1. The van der Waals surface area contributed by atoms with Crippen LogP contribution in [-0.2, 0) is 6.42 Å². The Hall–Kier alpha value is -3.14. The highest BCUT2D eigenvalue weighted by Gasteiger charge is 2.27. The average Bonchev–Trinajstić information content (AvgIpc) is 2.74. The summed E-state index contributed by atoms with van der Waals surface area (Å²) in [7, 11) is 0. The summed E-state index contributed by atoms with van der Waals surface area (Å²) in [5.41, 5.74) is 6.32. The first-order chi connectivity index (χ1) is 14.5. The molecule has 1 aromatic heterocycles. The zero-order valence-electron chi connectivity index (χ0n) is 17.9. The molecule has 154 valence electrons. The van der Waals surface area contributed by atoms with Crippen molar-refractivity contribution in [1.82, 2.24) is 4.98 Å². The van der Waals surface area contributed by atoms with Crippen molar-refractivity contribution in [2.24, 2.45) is 5.92 Å². The third kappa shape index (κ3) is 3.70. The maximum Gasteiger partial charge on any atom is 0.336 e. The Morgan fingerprint density at radius 3 is 2.47 bits per heavy atom. The van der Waals surface area contributed by atoms with Gasteiger partial charge in [-0.2, -0.15) is 0 Å². The molecule has 30 heavy (non-hydrogen) atoms. The fourth-order valence-electron chi connectivity index (χ4n) is 4.55. The Bertz CT molecular complexity index is 1110. The van der Waals surface area contributed by atoms with Crippen LogP contribution in [-0.4, -0.2) is 29.1 Å². The molecule has 0 spiro atoms. The Balaban J connectivity index is 1.83. The minimum atomic E-state index is -0.873. The third-order valence-electron chi connectivity index (χ3n) is 5.99. The van der Waals surface area contributed by atoms with E-state index in [4.69, 9.17) is 4.98 Å². The highest BCUT2D eigenvalue weighted by molar-refractivity contribution is 6.05.